The standard InChI is InChI=1S/C25H31N5O2/c26-24-29-25(19-11-3-1-4-12-19,20-13-5-2-6-14-20)23(32)30(24)18-10-9-17-28-22(31)21-15-7-8-16-27-21/h1-6,11-14,21,27H,7-10,15-18H2,(H2,26,29)(H,28,31). The van der Waals surface area contributed by atoms with Crippen LogP contribution in [0.3, 0.4) is 0 Å². The number of nitrogens with two attached hydrogens (primary N) is 1. The van der Waals surface area contributed by atoms with Gasteiger partial charge in [-0.2, -0.15) is 0 Å². The fourth-order valence-corrected chi connectivity index (χ4v) is 4.50. The number of hydrogen-bond acceptors (Lipinski definition) is 5. The Balaban J connectivity index is 1.39. The summed E-state index contributed by atoms with van der Waals surface area (Å²) in [4.78, 5) is 32.2. The summed E-state index contributed by atoms with van der Waals surface area (Å²) >= 11 is 0. The molecule has 2 aromatic rings. The lowest BCUT2D eigenvalue weighted by atomic mass is 9.83. The highest BCUT2D eigenvalue weighted by atomic mass is 16.2. The molecule has 1 fully saturated rings. The molecule has 2 aliphatic rings. The molecule has 4 rings (SSSR count). The van der Waals surface area contributed by atoms with Crippen molar-refractivity contribution in [3.63, 3.8) is 0 Å². The minimum atomic E-state index is -1.16. The number of unbranched alkanes of at least 4 members (excludes halogenated alkanes) is 1. The predicted octanol–water partition coefficient (Wildman–Crippen LogP) is 2.13. The number of aliphatic imine (C=N–C) groups is 1. The van der Waals surface area contributed by atoms with Gasteiger partial charge >= 0.3 is 0 Å². The Kier molecular flexibility index (Phi) is 6.85. The fraction of sp³-hybridized carbons (Fsp3) is 0.400. The van der Waals surface area contributed by atoms with Gasteiger partial charge in [0.05, 0.1) is 6.04 Å². The molecular weight excluding hydrogens is 402 g/mol. The molecule has 0 aromatic heterocycles. The molecule has 0 spiro atoms. The van der Waals surface area contributed by atoms with Crippen LogP contribution >= 0.6 is 0 Å². The lowest BCUT2D eigenvalue weighted by Crippen LogP contribution is -2.47. The molecule has 1 unspecified atom stereocenters. The SMILES string of the molecule is NC1=NC(c2ccccc2)(c2ccccc2)C(=O)N1CCCCNC(=O)C1CCCCN1. The predicted molar refractivity (Wildman–Crippen MR) is 125 cm³/mol. The average molecular weight is 434 g/mol. The summed E-state index contributed by atoms with van der Waals surface area (Å²) in [7, 11) is 0. The van der Waals surface area contributed by atoms with Crippen LogP contribution in [0, 0.1) is 0 Å². The Morgan fingerprint density at radius 1 is 1.06 bits per heavy atom. The van der Waals surface area contributed by atoms with Crippen LogP contribution < -0.4 is 16.4 Å². The zero-order valence-corrected chi connectivity index (χ0v) is 18.3. The molecule has 0 saturated carbocycles. The van der Waals surface area contributed by atoms with Crippen molar-refractivity contribution in [3.8, 4) is 0 Å². The number of carbonyl (C=O) groups is 2. The Morgan fingerprint density at radius 3 is 2.31 bits per heavy atom. The quantitative estimate of drug-likeness (QED) is 0.555. The fourth-order valence-electron chi connectivity index (χ4n) is 4.50. The first-order valence-electron chi connectivity index (χ1n) is 11.4. The van der Waals surface area contributed by atoms with Crippen molar-refractivity contribution >= 4 is 17.8 Å². The van der Waals surface area contributed by atoms with Crippen LogP contribution in [0.1, 0.15) is 43.2 Å². The van der Waals surface area contributed by atoms with E-state index >= 15 is 0 Å². The lowest BCUT2D eigenvalue weighted by Gasteiger charge is -2.27. The van der Waals surface area contributed by atoms with E-state index in [1.807, 2.05) is 60.7 Å². The van der Waals surface area contributed by atoms with Crippen LogP contribution in [0.2, 0.25) is 0 Å². The normalized spacial score (nSPS) is 20.1. The van der Waals surface area contributed by atoms with Crippen molar-refractivity contribution in [2.45, 2.75) is 43.7 Å². The first-order valence-corrected chi connectivity index (χ1v) is 11.4. The minimum Gasteiger partial charge on any atom is -0.369 e. The van der Waals surface area contributed by atoms with Crippen molar-refractivity contribution in [1.82, 2.24) is 15.5 Å². The van der Waals surface area contributed by atoms with Crippen LogP contribution in [0.4, 0.5) is 0 Å². The van der Waals surface area contributed by atoms with Gasteiger partial charge in [0.25, 0.3) is 5.91 Å². The van der Waals surface area contributed by atoms with E-state index in [1.165, 1.54) is 0 Å². The second-order valence-corrected chi connectivity index (χ2v) is 8.37. The van der Waals surface area contributed by atoms with E-state index in [2.05, 4.69) is 10.6 Å². The number of rotatable bonds is 8. The maximum absolute atomic E-state index is 13.7. The van der Waals surface area contributed by atoms with Crippen LogP contribution in [-0.2, 0) is 15.1 Å². The molecule has 2 aliphatic heterocycles. The number of piperidine rings is 1. The highest BCUT2D eigenvalue weighted by molar-refractivity contribution is 6.09. The van der Waals surface area contributed by atoms with Gasteiger partial charge in [-0.25, -0.2) is 4.99 Å². The monoisotopic (exact) mass is 433 g/mol. The summed E-state index contributed by atoms with van der Waals surface area (Å²) in [6, 6.07) is 19.1. The van der Waals surface area contributed by atoms with Crippen molar-refractivity contribution in [3.05, 3.63) is 71.8 Å². The van der Waals surface area contributed by atoms with Gasteiger partial charge in [-0.15, -0.1) is 0 Å². The summed E-state index contributed by atoms with van der Waals surface area (Å²) < 4.78 is 0. The molecule has 0 radical (unpaired) electrons. The van der Waals surface area contributed by atoms with Gasteiger partial charge in [-0.3, -0.25) is 14.5 Å². The van der Waals surface area contributed by atoms with E-state index in [0.717, 1.165) is 49.8 Å². The number of amides is 2. The third kappa shape index (κ3) is 4.39. The smallest absolute Gasteiger partial charge is 0.266 e. The van der Waals surface area contributed by atoms with Crippen molar-refractivity contribution in [1.29, 1.82) is 0 Å². The third-order valence-corrected chi connectivity index (χ3v) is 6.23. The lowest BCUT2D eigenvalue weighted by molar-refractivity contribution is -0.130. The van der Waals surface area contributed by atoms with Gasteiger partial charge in [-0.1, -0.05) is 67.1 Å². The van der Waals surface area contributed by atoms with Gasteiger partial charge in [0, 0.05) is 13.1 Å². The number of carbonyl (C=O) groups excluding carboxylic acids is 2. The highest BCUT2D eigenvalue weighted by Crippen LogP contribution is 2.39. The first kappa shape index (κ1) is 22.0. The number of benzene rings is 2. The molecule has 4 N–H and O–H groups in total. The number of guanidine groups is 1. The van der Waals surface area contributed by atoms with Crippen molar-refractivity contribution < 1.29 is 9.59 Å². The van der Waals surface area contributed by atoms with Crippen LogP contribution in [0.25, 0.3) is 0 Å². The maximum atomic E-state index is 13.7. The van der Waals surface area contributed by atoms with Gasteiger partial charge in [0.2, 0.25) is 5.91 Å². The first-order chi connectivity index (χ1) is 15.6. The topological polar surface area (TPSA) is 99.8 Å². The van der Waals surface area contributed by atoms with Crippen molar-refractivity contribution in [2.24, 2.45) is 10.7 Å². The van der Waals surface area contributed by atoms with E-state index in [-0.39, 0.29) is 23.8 Å². The molecule has 7 nitrogen and oxygen atoms in total. The molecule has 168 valence electrons. The molecule has 7 heteroatoms. The summed E-state index contributed by atoms with van der Waals surface area (Å²) in [5.74, 6) is 0.163. The summed E-state index contributed by atoms with van der Waals surface area (Å²) in [5.41, 5.74) is 6.70. The average Bonchev–Trinajstić information content (AvgIpc) is 3.11. The van der Waals surface area contributed by atoms with E-state index in [1.54, 1.807) is 4.90 Å². The Morgan fingerprint density at radius 2 is 1.72 bits per heavy atom. The van der Waals surface area contributed by atoms with E-state index in [0.29, 0.717) is 13.1 Å². The summed E-state index contributed by atoms with van der Waals surface area (Å²) in [6.07, 6.45) is 4.59. The molecule has 1 saturated heterocycles. The van der Waals surface area contributed by atoms with Crippen LogP contribution in [0.5, 0.6) is 0 Å². The van der Waals surface area contributed by atoms with Crippen LogP contribution in [0.15, 0.2) is 65.7 Å². The zero-order valence-electron chi connectivity index (χ0n) is 18.3. The molecule has 0 bridgehead atoms. The molecule has 2 heterocycles. The van der Waals surface area contributed by atoms with E-state index in [9.17, 15) is 9.59 Å². The van der Waals surface area contributed by atoms with E-state index < -0.39 is 5.54 Å². The largest absolute Gasteiger partial charge is 0.369 e. The number of nitrogens with zero attached hydrogens (tertiary/aromatic N) is 2. The molecule has 32 heavy (non-hydrogen) atoms. The molecular formula is C25H31N5O2. The molecule has 0 aliphatic carbocycles. The minimum absolute atomic E-state index is 0.0650. The summed E-state index contributed by atoms with van der Waals surface area (Å²) in [5, 5.41) is 6.26. The van der Waals surface area contributed by atoms with Crippen LogP contribution in [-0.4, -0.2) is 48.3 Å². The van der Waals surface area contributed by atoms with Gasteiger partial charge in [0.15, 0.2) is 11.5 Å². The third-order valence-electron chi connectivity index (χ3n) is 6.23. The highest BCUT2D eigenvalue weighted by Gasteiger charge is 2.50. The summed E-state index contributed by atoms with van der Waals surface area (Å²) in [6.45, 7) is 1.95. The van der Waals surface area contributed by atoms with Gasteiger partial charge < -0.3 is 16.4 Å². The van der Waals surface area contributed by atoms with Gasteiger partial charge in [-0.05, 0) is 43.4 Å². The second kappa shape index (κ2) is 9.96. The van der Waals surface area contributed by atoms with E-state index in [4.69, 9.17) is 10.7 Å². The molecule has 1 atom stereocenters. The Hall–Kier alpha value is -3.19. The number of nitrogens with one attached hydrogen (secondary N) is 2. The maximum Gasteiger partial charge on any atom is 0.266 e. The molecule has 2 aromatic carbocycles. The van der Waals surface area contributed by atoms with Crippen molar-refractivity contribution in [2.75, 3.05) is 19.6 Å². The van der Waals surface area contributed by atoms with Gasteiger partial charge in [0.1, 0.15) is 0 Å². The zero-order chi connectivity index (χ0) is 22.4. The Labute approximate surface area is 189 Å². The number of hydrogen-bond donors (Lipinski definition) is 3. The second-order valence-electron chi connectivity index (χ2n) is 8.37. The Bertz CT molecular complexity index is 915. The molecule has 2 amide bonds.